The lowest BCUT2D eigenvalue weighted by atomic mass is 10.2. The van der Waals surface area contributed by atoms with Crippen molar-refractivity contribution in [3.63, 3.8) is 0 Å². The minimum atomic E-state index is 0.846. The van der Waals surface area contributed by atoms with Crippen LogP contribution in [-0.4, -0.2) is 16.2 Å². The minimum Gasteiger partial charge on any atom is -0.312 e. The quantitative estimate of drug-likeness (QED) is 0.620. The Bertz CT molecular complexity index is 516. The first kappa shape index (κ1) is 10.7. The second-order valence-electron chi connectivity index (χ2n) is 3.55. The van der Waals surface area contributed by atoms with Gasteiger partial charge in [0.05, 0.1) is 11.7 Å². The molecule has 0 fully saturated rings. The first-order valence-corrected chi connectivity index (χ1v) is 5.43. The predicted octanol–water partition coefficient (Wildman–Crippen LogP) is 1.84. The van der Waals surface area contributed by atoms with E-state index in [0.29, 0.717) is 0 Å². The third-order valence-electron chi connectivity index (χ3n) is 2.43. The number of fused-ring (bicyclic) bond motifs is 1. The summed E-state index contributed by atoms with van der Waals surface area (Å²) in [5, 5.41) is 7.64. The average Bonchev–Trinajstić information content (AvgIpc) is 2.73. The van der Waals surface area contributed by atoms with Gasteiger partial charge in [-0.3, -0.25) is 0 Å². The number of hydrogen-bond acceptors (Lipinski definition) is 2. The molecule has 0 atom stereocenters. The number of nitrogens with zero attached hydrogens (tertiary/aromatic N) is 2. The van der Waals surface area contributed by atoms with Crippen molar-refractivity contribution in [1.29, 1.82) is 0 Å². The molecule has 2 rings (SSSR count). The molecular weight excluding hydrogens is 198 g/mol. The average molecular weight is 213 g/mol. The van der Waals surface area contributed by atoms with Crippen LogP contribution in [0.15, 0.2) is 30.6 Å². The second-order valence-corrected chi connectivity index (χ2v) is 3.55. The first-order chi connectivity index (χ1) is 7.92. The summed E-state index contributed by atoms with van der Waals surface area (Å²) in [6.07, 6.45) is 4.77. The predicted molar refractivity (Wildman–Crippen MR) is 65.0 cm³/mol. The Hall–Kier alpha value is -1.79. The maximum Gasteiger partial charge on any atom is 0.0706 e. The number of aromatic nitrogens is 2. The van der Waals surface area contributed by atoms with Gasteiger partial charge in [-0.1, -0.05) is 6.07 Å². The van der Waals surface area contributed by atoms with Gasteiger partial charge in [0.15, 0.2) is 0 Å². The highest BCUT2D eigenvalue weighted by atomic mass is 15.2. The van der Waals surface area contributed by atoms with Crippen LogP contribution in [-0.2, 0) is 6.54 Å². The fourth-order valence-corrected chi connectivity index (χ4v) is 1.62. The Balaban J connectivity index is 1.96. The smallest absolute Gasteiger partial charge is 0.0706 e. The van der Waals surface area contributed by atoms with Gasteiger partial charge in [0.25, 0.3) is 0 Å². The Kier molecular flexibility index (Phi) is 3.58. The number of nitrogens with one attached hydrogen (secondary N) is 1. The highest BCUT2D eigenvalue weighted by Crippen LogP contribution is 2.08. The van der Waals surface area contributed by atoms with Crippen LogP contribution in [0.3, 0.4) is 0 Å². The molecule has 2 aromatic rings. The largest absolute Gasteiger partial charge is 0.312 e. The van der Waals surface area contributed by atoms with E-state index in [2.05, 4.69) is 28.3 Å². The third-order valence-corrected chi connectivity index (χ3v) is 2.43. The molecule has 1 N–H and O–H groups in total. The monoisotopic (exact) mass is 213 g/mol. The van der Waals surface area contributed by atoms with E-state index in [1.165, 1.54) is 5.56 Å². The topological polar surface area (TPSA) is 29.3 Å². The molecule has 0 amide bonds. The molecular formula is C13H15N3. The summed E-state index contributed by atoms with van der Waals surface area (Å²) >= 11 is 0. The molecule has 0 unspecified atom stereocenters. The lowest BCUT2D eigenvalue weighted by Gasteiger charge is -2.00. The molecule has 3 heteroatoms. The lowest BCUT2D eigenvalue weighted by Crippen LogP contribution is -2.13. The molecule has 0 saturated carbocycles. The number of hydrogen-bond donors (Lipinski definition) is 1. The molecule has 2 heterocycles. The van der Waals surface area contributed by atoms with E-state index in [1.807, 2.05) is 36.0 Å². The van der Waals surface area contributed by atoms with Gasteiger partial charge in [-0.2, -0.15) is 5.10 Å². The summed E-state index contributed by atoms with van der Waals surface area (Å²) in [5.41, 5.74) is 2.39. The van der Waals surface area contributed by atoms with Crippen LogP contribution in [0, 0.1) is 11.8 Å². The van der Waals surface area contributed by atoms with E-state index in [4.69, 9.17) is 0 Å². The van der Waals surface area contributed by atoms with Gasteiger partial charge in [0.1, 0.15) is 0 Å². The van der Waals surface area contributed by atoms with Gasteiger partial charge in [-0.15, -0.1) is 11.8 Å². The van der Waals surface area contributed by atoms with Crippen LogP contribution in [0.5, 0.6) is 0 Å². The molecule has 0 aliphatic heterocycles. The zero-order chi connectivity index (χ0) is 11.2. The van der Waals surface area contributed by atoms with E-state index in [1.54, 1.807) is 0 Å². The molecule has 0 aliphatic rings. The van der Waals surface area contributed by atoms with Crippen molar-refractivity contribution in [2.45, 2.75) is 19.9 Å². The van der Waals surface area contributed by atoms with E-state index in [-0.39, 0.29) is 0 Å². The van der Waals surface area contributed by atoms with Gasteiger partial charge in [0, 0.05) is 31.3 Å². The highest BCUT2D eigenvalue weighted by Gasteiger charge is 2.01. The summed E-state index contributed by atoms with van der Waals surface area (Å²) in [6.45, 7) is 3.63. The van der Waals surface area contributed by atoms with E-state index >= 15 is 0 Å². The number of rotatable bonds is 4. The lowest BCUT2D eigenvalue weighted by molar-refractivity contribution is 0.704. The fourth-order valence-electron chi connectivity index (χ4n) is 1.62. The van der Waals surface area contributed by atoms with Crippen molar-refractivity contribution in [2.24, 2.45) is 0 Å². The van der Waals surface area contributed by atoms with Crippen molar-refractivity contribution in [3.05, 3.63) is 36.2 Å². The fraction of sp³-hybridized carbons (Fsp3) is 0.308. The van der Waals surface area contributed by atoms with Crippen molar-refractivity contribution in [3.8, 4) is 11.8 Å². The van der Waals surface area contributed by atoms with Crippen LogP contribution in [0.2, 0.25) is 0 Å². The van der Waals surface area contributed by atoms with E-state index in [9.17, 15) is 0 Å². The maximum absolute atomic E-state index is 4.28. The standard InChI is InChI=1S/C13H15N3/c1-2-3-5-8-14-10-12-11-15-16-9-6-4-7-13(12)16/h4,6-7,9,11,14H,5,8,10H2,1H3. The molecule has 0 saturated heterocycles. The molecule has 0 spiro atoms. The molecule has 2 aromatic heterocycles. The van der Waals surface area contributed by atoms with E-state index < -0.39 is 0 Å². The van der Waals surface area contributed by atoms with Gasteiger partial charge < -0.3 is 5.32 Å². The Morgan fingerprint density at radius 1 is 1.44 bits per heavy atom. The second kappa shape index (κ2) is 5.34. The Morgan fingerprint density at radius 3 is 3.25 bits per heavy atom. The van der Waals surface area contributed by atoms with Gasteiger partial charge in [-0.05, 0) is 19.1 Å². The molecule has 0 aromatic carbocycles. The van der Waals surface area contributed by atoms with Crippen LogP contribution < -0.4 is 5.32 Å². The SMILES string of the molecule is CC#CCCNCc1cnn2ccccc12. The van der Waals surface area contributed by atoms with Crippen LogP contribution >= 0.6 is 0 Å². The molecule has 0 radical (unpaired) electrons. The van der Waals surface area contributed by atoms with Gasteiger partial charge in [0.2, 0.25) is 0 Å². The van der Waals surface area contributed by atoms with Crippen LogP contribution in [0.1, 0.15) is 18.9 Å². The van der Waals surface area contributed by atoms with Crippen LogP contribution in [0.4, 0.5) is 0 Å². The third kappa shape index (κ3) is 2.41. The zero-order valence-electron chi connectivity index (χ0n) is 9.40. The summed E-state index contributed by atoms with van der Waals surface area (Å²) < 4.78 is 1.89. The van der Waals surface area contributed by atoms with Crippen molar-refractivity contribution < 1.29 is 0 Å². The van der Waals surface area contributed by atoms with Crippen LogP contribution in [0.25, 0.3) is 5.52 Å². The van der Waals surface area contributed by atoms with Crippen molar-refractivity contribution >= 4 is 5.52 Å². The Morgan fingerprint density at radius 2 is 2.38 bits per heavy atom. The van der Waals surface area contributed by atoms with E-state index in [0.717, 1.165) is 25.0 Å². The maximum atomic E-state index is 4.28. The molecule has 0 aliphatic carbocycles. The minimum absolute atomic E-state index is 0.846. The summed E-state index contributed by atoms with van der Waals surface area (Å²) in [6, 6.07) is 6.09. The zero-order valence-corrected chi connectivity index (χ0v) is 9.40. The normalized spacial score (nSPS) is 10.1. The highest BCUT2D eigenvalue weighted by molar-refractivity contribution is 5.53. The first-order valence-electron chi connectivity index (χ1n) is 5.43. The van der Waals surface area contributed by atoms with Crippen molar-refractivity contribution in [1.82, 2.24) is 14.9 Å². The molecule has 82 valence electrons. The number of pyridine rings is 1. The summed E-state index contributed by atoms with van der Waals surface area (Å²) in [5.74, 6) is 5.92. The Labute approximate surface area is 95.5 Å². The van der Waals surface area contributed by atoms with Gasteiger partial charge >= 0.3 is 0 Å². The molecule has 3 nitrogen and oxygen atoms in total. The molecule has 0 bridgehead atoms. The molecule has 16 heavy (non-hydrogen) atoms. The van der Waals surface area contributed by atoms with Gasteiger partial charge in [-0.25, -0.2) is 4.52 Å². The van der Waals surface area contributed by atoms with Crippen molar-refractivity contribution in [2.75, 3.05) is 6.54 Å². The summed E-state index contributed by atoms with van der Waals surface area (Å²) in [7, 11) is 0. The summed E-state index contributed by atoms with van der Waals surface area (Å²) in [4.78, 5) is 0.